The minimum absolute atomic E-state index is 0.0950. The molecule has 1 aromatic heterocycles. The summed E-state index contributed by atoms with van der Waals surface area (Å²) in [4.78, 5) is 12.8. The van der Waals surface area contributed by atoms with Crippen molar-refractivity contribution in [2.45, 2.75) is 70.8 Å². The highest BCUT2D eigenvalue weighted by Crippen LogP contribution is 2.32. The van der Waals surface area contributed by atoms with E-state index in [-0.39, 0.29) is 11.4 Å². The quantitative estimate of drug-likeness (QED) is 0.713. The van der Waals surface area contributed by atoms with Crippen molar-refractivity contribution in [2.24, 2.45) is 7.05 Å². The highest BCUT2D eigenvalue weighted by atomic mass is 79.9. The predicted octanol–water partition coefficient (Wildman–Crippen LogP) is 4.79. The van der Waals surface area contributed by atoms with E-state index in [1.165, 1.54) is 30.4 Å². The maximum absolute atomic E-state index is 12.8. The normalized spacial score (nSPS) is 16.3. The van der Waals surface area contributed by atoms with E-state index in [0.717, 1.165) is 41.5 Å². The molecule has 1 heterocycles. The Morgan fingerprint density at radius 1 is 1.19 bits per heavy atom. The van der Waals surface area contributed by atoms with Crippen molar-refractivity contribution >= 4 is 21.8 Å². The van der Waals surface area contributed by atoms with Gasteiger partial charge < -0.3 is 5.32 Å². The van der Waals surface area contributed by atoms with Gasteiger partial charge in [-0.25, -0.2) is 0 Å². The van der Waals surface area contributed by atoms with Gasteiger partial charge in [0.2, 0.25) is 5.91 Å². The Labute approximate surface area is 170 Å². The third kappa shape index (κ3) is 5.01. The fourth-order valence-electron chi connectivity index (χ4n) is 4.34. The lowest BCUT2D eigenvalue weighted by Crippen LogP contribution is -2.51. The minimum Gasteiger partial charge on any atom is -0.350 e. The number of nitrogens with one attached hydrogen (secondary N) is 1. The summed E-state index contributed by atoms with van der Waals surface area (Å²) in [7, 11) is 1.96. The third-order valence-corrected chi connectivity index (χ3v) is 6.46. The van der Waals surface area contributed by atoms with Gasteiger partial charge in [0.05, 0.1) is 5.69 Å². The lowest BCUT2D eigenvalue weighted by Gasteiger charge is -2.38. The van der Waals surface area contributed by atoms with Gasteiger partial charge in [-0.05, 0) is 62.8 Å². The minimum atomic E-state index is -0.0950. The first-order valence-electron chi connectivity index (χ1n) is 9.93. The van der Waals surface area contributed by atoms with E-state index in [9.17, 15) is 4.79 Å². The highest BCUT2D eigenvalue weighted by molar-refractivity contribution is 9.10. The van der Waals surface area contributed by atoms with Crippen LogP contribution in [-0.2, 0) is 24.7 Å². The molecule has 0 bridgehead atoms. The van der Waals surface area contributed by atoms with Crippen LogP contribution in [0.5, 0.6) is 0 Å². The third-order valence-electron chi connectivity index (χ3n) is 5.93. The Balaban J connectivity index is 1.66. The summed E-state index contributed by atoms with van der Waals surface area (Å²) < 4.78 is 2.99. The summed E-state index contributed by atoms with van der Waals surface area (Å²) in [6, 6.07) is 8.49. The van der Waals surface area contributed by atoms with Crippen LogP contribution in [0.1, 0.15) is 61.0 Å². The average Bonchev–Trinajstić information content (AvgIpc) is 2.88. The van der Waals surface area contributed by atoms with Gasteiger partial charge in [-0.1, -0.05) is 47.3 Å². The standard InChI is InChI=1S/C22H30BrN3O/c1-16-20(17(2)26(3)25-16)11-12-21(27)24-22(13-5-4-6-14-22)15-18-7-9-19(23)10-8-18/h7-10H,4-6,11-15H2,1-3H3,(H,24,27). The largest absolute Gasteiger partial charge is 0.350 e. The van der Waals surface area contributed by atoms with Crippen molar-refractivity contribution < 1.29 is 4.79 Å². The van der Waals surface area contributed by atoms with E-state index < -0.39 is 0 Å². The lowest BCUT2D eigenvalue weighted by molar-refractivity contribution is -0.123. The monoisotopic (exact) mass is 431 g/mol. The number of aryl methyl sites for hydroxylation is 2. The molecule has 2 aromatic rings. The van der Waals surface area contributed by atoms with Crippen molar-refractivity contribution in [1.82, 2.24) is 15.1 Å². The summed E-state index contributed by atoms with van der Waals surface area (Å²) in [6.07, 6.45) is 7.99. The van der Waals surface area contributed by atoms with Gasteiger partial charge >= 0.3 is 0 Å². The molecule has 1 saturated carbocycles. The molecule has 1 amide bonds. The lowest BCUT2D eigenvalue weighted by atomic mass is 9.77. The Bertz CT molecular complexity index is 789. The van der Waals surface area contributed by atoms with Gasteiger partial charge in [0, 0.05) is 29.2 Å². The summed E-state index contributed by atoms with van der Waals surface area (Å²) in [5.74, 6) is 0.164. The van der Waals surface area contributed by atoms with Crippen molar-refractivity contribution in [1.29, 1.82) is 0 Å². The van der Waals surface area contributed by atoms with Gasteiger partial charge in [-0.15, -0.1) is 0 Å². The van der Waals surface area contributed by atoms with Crippen molar-refractivity contribution in [3.05, 3.63) is 51.3 Å². The first-order valence-corrected chi connectivity index (χ1v) is 10.7. The molecule has 0 unspecified atom stereocenters. The fourth-order valence-corrected chi connectivity index (χ4v) is 4.61. The van der Waals surface area contributed by atoms with E-state index in [4.69, 9.17) is 0 Å². The molecule has 1 fully saturated rings. The molecular formula is C22H30BrN3O. The van der Waals surface area contributed by atoms with Crippen LogP contribution in [0, 0.1) is 13.8 Å². The van der Waals surface area contributed by atoms with Crippen molar-refractivity contribution in [3.8, 4) is 0 Å². The molecule has 0 spiro atoms. The topological polar surface area (TPSA) is 46.9 Å². The number of nitrogens with zero attached hydrogens (tertiary/aromatic N) is 2. The number of aromatic nitrogens is 2. The molecular weight excluding hydrogens is 402 g/mol. The second kappa shape index (κ2) is 8.59. The molecule has 3 rings (SSSR count). The zero-order valence-electron chi connectivity index (χ0n) is 16.6. The molecule has 4 nitrogen and oxygen atoms in total. The molecule has 1 aliphatic rings. The second-order valence-corrected chi connectivity index (χ2v) is 8.88. The maximum atomic E-state index is 12.8. The fraction of sp³-hybridized carbons (Fsp3) is 0.545. The first kappa shape index (κ1) is 20.1. The number of hydrogen-bond acceptors (Lipinski definition) is 2. The van der Waals surface area contributed by atoms with Gasteiger partial charge in [0.1, 0.15) is 0 Å². The summed E-state index contributed by atoms with van der Waals surface area (Å²) in [5.41, 5.74) is 4.59. The number of rotatable bonds is 6. The van der Waals surface area contributed by atoms with Crippen LogP contribution in [0.3, 0.4) is 0 Å². The van der Waals surface area contributed by atoms with E-state index in [1.54, 1.807) is 0 Å². The number of carbonyl (C=O) groups excluding carboxylic acids is 1. The SMILES string of the molecule is Cc1nn(C)c(C)c1CCC(=O)NC1(Cc2ccc(Br)cc2)CCCCC1. The Morgan fingerprint density at radius 2 is 1.85 bits per heavy atom. The van der Waals surface area contributed by atoms with Crippen LogP contribution in [0.25, 0.3) is 0 Å². The molecule has 1 N–H and O–H groups in total. The average molecular weight is 432 g/mol. The first-order chi connectivity index (χ1) is 12.9. The van der Waals surface area contributed by atoms with Crippen LogP contribution in [0.15, 0.2) is 28.7 Å². The van der Waals surface area contributed by atoms with Gasteiger partial charge in [0.15, 0.2) is 0 Å². The van der Waals surface area contributed by atoms with Crippen LogP contribution in [0.2, 0.25) is 0 Å². The zero-order valence-corrected chi connectivity index (χ0v) is 18.2. The Morgan fingerprint density at radius 3 is 2.44 bits per heavy atom. The molecule has 0 aliphatic heterocycles. The molecule has 0 atom stereocenters. The Hall–Kier alpha value is -1.62. The number of amides is 1. The molecule has 146 valence electrons. The molecule has 0 radical (unpaired) electrons. The van der Waals surface area contributed by atoms with Crippen LogP contribution < -0.4 is 5.32 Å². The number of benzene rings is 1. The Kier molecular flexibility index (Phi) is 6.40. The van der Waals surface area contributed by atoms with Gasteiger partial charge in [-0.2, -0.15) is 5.10 Å². The second-order valence-electron chi connectivity index (χ2n) is 7.97. The number of carbonyl (C=O) groups is 1. The van der Waals surface area contributed by atoms with E-state index in [0.29, 0.717) is 6.42 Å². The van der Waals surface area contributed by atoms with Crippen molar-refractivity contribution in [3.63, 3.8) is 0 Å². The van der Waals surface area contributed by atoms with E-state index in [2.05, 4.69) is 57.5 Å². The molecule has 1 aliphatic carbocycles. The van der Waals surface area contributed by atoms with Crippen LogP contribution >= 0.6 is 15.9 Å². The van der Waals surface area contributed by atoms with Crippen LogP contribution in [-0.4, -0.2) is 21.2 Å². The summed E-state index contributed by atoms with van der Waals surface area (Å²) in [5, 5.41) is 7.90. The van der Waals surface area contributed by atoms with Gasteiger partial charge in [-0.3, -0.25) is 9.48 Å². The van der Waals surface area contributed by atoms with E-state index >= 15 is 0 Å². The van der Waals surface area contributed by atoms with Gasteiger partial charge in [0.25, 0.3) is 0 Å². The number of hydrogen-bond donors (Lipinski definition) is 1. The zero-order chi connectivity index (χ0) is 19.4. The smallest absolute Gasteiger partial charge is 0.220 e. The summed E-state index contributed by atoms with van der Waals surface area (Å²) in [6.45, 7) is 4.10. The van der Waals surface area contributed by atoms with Crippen LogP contribution in [0.4, 0.5) is 0 Å². The molecule has 1 aromatic carbocycles. The van der Waals surface area contributed by atoms with E-state index in [1.807, 2.05) is 18.7 Å². The molecule has 0 saturated heterocycles. The van der Waals surface area contributed by atoms with Crippen molar-refractivity contribution in [2.75, 3.05) is 0 Å². The maximum Gasteiger partial charge on any atom is 0.220 e. The summed E-state index contributed by atoms with van der Waals surface area (Å²) >= 11 is 3.50. The molecule has 27 heavy (non-hydrogen) atoms. The highest BCUT2D eigenvalue weighted by Gasteiger charge is 2.33. The number of halogens is 1. The predicted molar refractivity (Wildman–Crippen MR) is 113 cm³/mol. The molecule has 5 heteroatoms.